The van der Waals surface area contributed by atoms with Crippen LogP contribution in [0.1, 0.15) is 18.3 Å². The molecule has 1 heterocycles. The van der Waals surface area contributed by atoms with E-state index >= 15 is 0 Å². The molecule has 0 aliphatic carbocycles. The van der Waals surface area contributed by atoms with Crippen molar-refractivity contribution in [2.75, 3.05) is 0 Å². The van der Waals surface area contributed by atoms with Crippen molar-refractivity contribution in [2.24, 2.45) is 0 Å². The van der Waals surface area contributed by atoms with Crippen LogP contribution in [0.4, 0.5) is 0 Å². The highest BCUT2D eigenvalue weighted by molar-refractivity contribution is 9.10. The van der Waals surface area contributed by atoms with Gasteiger partial charge in [0.1, 0.15) is 5.82 Å². The highest BCUT2D eigenvalue weighted by Gasteiger charge is 2.08. The van der Waals surface area contributed by atoms with Gasteiger partial charge in [-0.1, -0.05) is 22.9 Å². The van der Waals surface area contributed by atoms with Crippen LogP contribution >= 0.6 is 27.5 Å². The maximum absolute atomic E-state index is 5.73. The predicted molar refractivity (Wildman–Crippen MR) is 62.7 cm³/mol. The number of aromatic nitrogens is 2. The van der Waals surface area contributed by atoms with Crippen molar-refractivity contribution >= 4 is 38.6 Å². The van der Waals surface area contributed by atoms with Crippen molar-refractivity contribution in [3.63, 3.8) is 0 Å². The Hall–Kier alpha value is -0.540. The number of aromatic amines is 1. The maximum Gasteiger partial charge on any atom is 0.122 e. The lowest BCUT2D eigenvalue weighted by atomic mass is 10.1. The Labute approximate surface area is 95.8 Å². The van der Waals surface area contributed by atoms with Gasteiger partial charge in [-0.15, -0.1) is 11.6 Å². The summed E-state index contributed by atoms with van der Waals surface area (Å²) in [5.74, 6) is 1.25. The number of halogens is 2. The Balaban J connectivity index is 2.73. The Morgan fingerprint density at radius 1 is 1.50 bits per heavy atom. The Kier molecular flexibility index (Phi) is 2.79. The molecule has 0 amide bonds. The zero-order valence-electron chi connectivity index (χ0n) is 7.77. The van der Waals surface area contributed by atoms with Gasteiger partial charge in [0.05, 0.1) is 16.9 Å². The molecule has 0 bridgehead atoms. The number of fused-ring (bicyclic) bond motifs is 1. The van der Waals surface area contributed by atoms with E-state index in [1.165, 1.54) is 5.56 Å². The highest BCUT2D eigenvalue weighted by atomic mass is 79.9. The predicted octanol–water partition coefficient (Wildman–Crippen LogP) is 3.63. The second kappa shape index (κ2) is 3.91. The van der Waals surface area contributed by atoms with Gasteiger partial charge in [0.2, 0.25) is 0 Å². The number of rotatable bonds is 2. The fourth-order valence-corrected chi connectivity index (χ4v) is 2.29. The molecule has 2 rings (SSSR count). The molecular weight excluding hydrogens is 263 g/mol. The molecule has 0 spiro atoms. The number of hydrogen-bond donors (Lipinski definition) is 1. The first kappa shape index (κ1) is 9.99. The zero-order valence-corrected chi connectivity index (χ0v) is 10.1. The Morgan fingerprint density at radius 2 is 2.29 bits per heavy atom. The molecule has 1 N–H and O–H groups in total. The highest BCUT2D eigenvalue weighted by Crippen LogP contribution is 2.25. The van der Waals surface area contributed by atoms with E-state index in [9.17, 15) is 0 Å². The van der Waals surface area contributed by atoms with Gasteiger partial charge in [0.15, 0.2) is 0 Å². The van der Waals surface area contributed by atoms with Gasteiger partial charge in [-0.3, -0.25) is 0 Å². The van der Waals surface area contributed by atoms with Crippen LogP contribution in [0, 0.1) is 0 Å². The fourth-order valence-electron chi connectivity index (χ4n) is 1.56. The number of nitrogens with zero attached hydrogens (tertiary/aromatic N) is 1. The molecule has 0 unspecified atom stereocenters. The average molecular weight is 274 g/mol. The second-order valence-corrected chi connectivity index (χ2v) is 4.21. The van der Waals surface area contributed by atoms with Crippen molar-refractivity contribution in [3.05, 3.63) is 28.0 Å². The van der Waals surface area contributed by atoms with Crippen LogP contribution in [0.5, 0.6) is 0 Å². The van der Waals surface area contributed by atoms with Crippen LogP contribution in [0.2, 0.25) is 0 Å². The van der Waals surface area contributed by atoms with E-state index in [1.54, 1.807) is 0 Å². The van der Waals surface area contributed by atoms with E-state index in [1.807, 2.05) is 12.1 Å². The number of H-pyrrole nitrogens is 1. The van der Waals surface area contributed by atoms with E-state index in [4.69, 9.17) is 11.6 Å². The lowest BCUT2D eigenvalue weighted by Crippen LogP contribution is -1.85. The van der Waals surface area contributed by atoms with Crippen LogP contribution in [0.3, 0.4) is 0 Å². The molecule has 1 aromatic carbocycles. The molecule has 74 valence electrons. The van der Waals surface area contributed by atoms with Crippen molar-refractivity contribution in [2.45, 2.75) is 19.2 Å². The molecule has 14 heavy (non-hydrogen) atoms. The molecule has 1 aromatic heterocycles. The first-order valence-electron chi connectivity index (χ1n) is 4.48. The summed E-state index contributed by atoms with van der Waals surface area (Å²) in [5, 5.41) is 0. The molecular formula is C10H10BrClN2. The van der Waals surface area contributed by atoms with Crippen molar-refractivity contribution in [1.82, 2.24) is 9.97 Å². The first-order chi connectivity index (χ1) is 6.76. The quantitative estimate of drug-likeness (QED) is 0.832. The molecule has 0 fully saturated rings. The second-order valence-electron chi connectivity index (χ2n) is 3.09. The van der Waals surface area contributed by atoms with Gasteiger partial charge in [0.25, 0.3) is 0 Å². The number of imidazole rings is 1. The van der Waals surface area contributed by atoms with Crippen molar-refractivity contribution < 1.29 is 0 Å². The summed E-state index contributed by atoms with van der Waals surface area (Å²) in [4.78, 5) is 7.63. The molecule has 0 aliphatic heterocycles. The minimum Gasteiger partial charge on any atom is -0.341 e. The Morgan fingerprint density at radius 3 is 2.93 bits per heavy atom. The van der Waals surface area contributed by atoms with Gasteiger partial charge in [0, 0.05) is 4.47 Å². The third-order valence-electron chi connectivity index (χ3n) is 2.23. The molecule has 0 saturated carbocycles. The lowest BCUT2D eigenvalue weighted by molar-refractivity contribution is 1.11. The molecule has 2 nitrogen and oxygen atoms in total. The summed E-state index contributed by atoms with van der Waals surface area (Å²) >= 11 is 9.25. The van der Waals surface area contributed by atoms with Crippen LogP contribution in [-0.2, 0) is 12.3 Å². The van der Waals surface area contributed by atoms with Crippen molar-refractivity contribution in [1.29, 1.82) is 0 Å². The SMILES string of the molecule is CCc1c(Br)ccc2[nH]c(CCl)nc12. The molecule has 0 radical (unpaired) electrons. The topological polar surface area (TPSA) is 28.7 Å². The van der Waals surface area contributed by atoms with Gasteiger partial charge in [-0.25, -0.2) is 4.98 Å². The van der Waals surface area contributed by atoms with Crippen molar-refractivity contribution in [3.8, 4) is 0 Å². The van der Waals surface area contributed by atoms with Crippen LogP contribution in [0.15, 0.2) is 16.6 Å². The largest absolute Gasteiger partial charge is 0.341 e. The third-order valence-corrected chi connectivity index (χ3v) is 3.23. The first-order valence-corrected chi connectivity index (χ1v) is 5.81. The summed E-state index contributed by atoms with van der Waals surface area (Å²) in [6, 6.07) is 4.05. The minimum absolute atomic E-state index is 0.426. The van der Waals surface area contributed by atoms with E-state index in [0.717, 1.165) is 27.8 Å². The number of benzene rings is 1. The minimum atomic E-state index is 0.426. The monoisotopic (exact) mass is 272 g/mol. The van der Waals surface area contributed by atoms with Crippen LogP contribution in [0.25, 0.3) is 11.0 Å². The van der Waals surface area contributed by atoms with Gasteiger partial charge in [-0.2, -0.15) is 0 Å². The summed E-state index contributed by atoms with van der Waals surface area (Å²) < 4.78 is 1.11. The lowest BCUT2D eigenvalue weighted by Gasteiger charge is -2.00. The van der Waals surface area contributed by atoms with Gasteiger partial charge >= 0.3 is 0 Å². The fraction of sp³-hybridized carbons (Fsp3) is 0.300. The molecule has 0 aliphatic rings. The summed E-state index contributed by atoms with van der Waals surface area (Å²) in [6.45, 7) is 2.12. The van der Waals surface area contributed by atoms with E-state index in [0.29, 0.717) is 5.88 Å². The van der Waals surface area contributed by atoms with Crippen LogP contribution < -0.4 is 0 Å². The molecule has 4 heteroatoms. The normalized spacial score (nSPS) is 11.1. The number of aryl methyl sites for hydroxylation is 1. The summed E-state index contributed by atoms with van der Waals surface area (Å²) in [7, 11) is 0. The standard InChI is InChI=1S/C10H10BrClN2/c1-2-6-7(11)3-4-8-10(6)14-9(5-12)13-8/h3-4H,2,5H2,1H3,(H,13,14). The smallest absolute Gasteiger partial charge is 0.122 e. The molecule has 2 aromatic rings. The van der Waals surface area contributed by atoms with Gasteiger partial charge < -0.3 is 4.98 Å². The third kappa shape index (κ3) is 1.55. The summed E-state index contributed by atoms with van der Waals surface area (Å²) in [6.07, 6.45) is 0.963. The molecule has 0 atom stereocenters. The number of alkyl halides is 1. The molecule has 0 saturated heterocycles. The zero-order chi connectivity index (χ0) is 10.1. The number of hydrogen-bond acceptors (Lipinski definition) is 1. The van der Waals surface area contributed by atoms with E-state index < -0.39 is 0 Å². The number of nitrogens with one attached hydrogen (secondary N) is 1. The Bertz CT molecular complexity index is 464. The van der Waals surface area contributed by atoms with Gasteiger partial charge in [-0.05, 0) is 24.1 Å². The van der Waals surface area contributed by atoms with Crippen LogP contribution in [-0.4, -0.2) is 9.97 Å². The van der Waals surface area contributed by atoms with E-state index in [-0.39, 0.29) is 0 Å². The maximum atomic E-state index is 5.73. The summed E-state index contributed by atoms with van der Waals surface area (Å²) in [5.41, 5.74) is 3.31. The average Bonchev–Trinajstić information content (AvgIpc) is 2.60. The van der Waals surface area contributed by atoms with E-state index in [2.05, 4.69) is 32.8 Å².